The fourth-order valence-electron chi connectivity index (χ4n) is 1.28. The van der Waals surface area contributed by atoms with Gasteiger partial charge < -0.3 is 15.4 Å². The molecule has 1 aliphatic rings. The van der Waals surface area contributed by atoms with Crippen LogP contribution in [0.25, 0.3) is 0 Å². The van der Waals surface area contributed by atoms with E-state index >= 15 is 0 Å². The Kier molecular flexibility index (Phi) is 4.93. The molecule has 0 aromatic heterocycles. The first-order valence-electron chi connectivity index (χ1n) is 5.78. The Morgan fingerprint density at radius 3 is 2.53 bits per heavy atom. The number of carbonyl (C=O) groups excluding carboxylic acids is 3. The molecule has 0 aromatic rings. The van der Waals surface area contributed by atoms with Crippen LogP contribution in [0.5, 0.6) is 0 Å². The molecule has 1 rings (SSSR count). The van der Waals surface area contributed by atoms with Gasteiger partial charge in [0.2, 0.25) is 11.8 Å². The topological polar surface area (TPSA) is 84.5 Å². The van der Waals surface area contributed by atoms with Crippen LogP contribution in [0.3, 0.4) is 0 Å². The summed E-state index contributed by atoms with van der Waals surface area (Å²) >= 11 is 0. The third kappa shape index (κ3) is 4.84. The van der Waals surface area contributed by atoms with Crippen LogP contribution in [0.4, 0.5) is 0 Å². The number of carbonyl (C=O) groups is 3. The van der Waals surface area contributed by atoms with Crippen LogP contribution >= 0.6 is 0 Å². The molecule has 1 atom stereocenters. The Morgan fingerprint density at radius 2 is 2.00 bits per heavy atom. The number of nitrogens with one attached hydrogen (secondary N) is 2. The minimum Gasteiger partial charge on any atom is -0.464 e. The number of hydrogen-bond donors (Lipinski definition) is 2. The van der Waals surface area contributed by atoms with E-state index in [1.165, 1.54) is 0 Å². The summed E-state index contributed by atoms with van der Waals surface area (Å²) in [4.78, 5) is 33.8. The summed E-state index contributed by atoms with van der Waals surface area (Å²) in [6.45, 7) is 3.41. The summed E-state index contributed by atoms with van der Waals surface area (Å²) in [5, 5.41) is 4.97. The van der Waals surface area contributed by atoms with E-state index in [0.717, 1.165) is 12.8 Å². The smallest absolute Gasteiger partial charge is 0.328 e. The van der Waals surface area contributed by atoms with E-state index in [1.807, 2.05) is 0 Å². The number of esters is 1. The molecular formula is C11H18N2O4. The molecule has 2 N–H and O–H groups in total. The van der Waals surface area contributed by atoms with Crippen molar-refractivity contribution in [3.63, 3.8) is 0 Å². The Hall–Kier alpha value is -1.59. The number of rotatable bonds is 6. The van der Waals surface area contributed by atoms with Gasteiger partial charge in [0.1, 0.15) is 6.04 Å². The van der Waals surface area contributed by atoms with Crippen LogP contribution in [0.2, 0.25) is 0 Å². The summed E-state index contributed by atoms with van der Waals surface area (Å²) in [6.07, 6.45) is 1.79. The molecule has 2 amide bonds. The molecular weight excluding hydrogens is 224 g/mol. The van der Waals surface area contributed by atoms with E-state index in [-0.39, 0.29) is 30.9 Å². The number of amides is 2. The third-order valence-electron chi connectivity index (χ3n) is 2.39. The fourth-order valence-corrected chi connectivity index (χ4v) is 1.28. The van der Waals surface area contributed by atoms with Gasteiger partial charge in [-0.15, -0.1) is 0 Å². The van der Waals surface area contributed by atoms with Gasteiger partial charge in [-0.3, -0.25) is 9.59 Å². The predicted molar refractivity (Wildman–Crippen MR) is 60.0 cm³/mol. The minimum atomic E-state index is -0.694. The van der Waals surface area contributed by atoms with Gasteiger partial charge in [-0.2, -0.15) is 0 Å². The molecule has 1 unspecified atom stereocenters. The van der Waals surface area contributed by atoms with E-state index in [4.69, 9.17) is 4.74 Å². The zero-order valence-electron chi connectivity index (χ0n) is 10.1. The molecule has 1 fully saturated rings. The van der Waals surface area contributed by atoms with Gasteiger partial charge in [0.15, 0.2) is 0 Å². The largest absolute Gasteiger partial charge is 0.464 e. The van der Waals surface area contributed by atoms with Crippen molar-refractivity contribution in [3.8, 4) is 0 Å². The molecule has 0 aliphatic heterocycles. The second-order valence-corrected chi connectivity index (χ2v) is 4.03. The monoisotopic (exact) mass is 242 g/mol. The van der Waals surface area contributed by atoms with Crippen molar-refractivity contribution in [2.45, 2.75) is 32.7 Å². The van der Waals surface area contributed by atoms with Crippen LogP contribution in [0.1, 0.15) is 26.7 Å². The van der Waals surface area contributed by atoms with Crippen molar-refractivity contribution < 1.29 is 19.1 Å². The van der Waals surface area contributed by atoms with Crippen molar-refractivity contribution in [2.75, 3.05) is 13.2 Å². The molecule has 6 heteroatoms. The maximum absolute atomic E-state index is 11.4. The van der Waals surface area contributed by atoms with E-state index in [0.29, 0.717) is 0 Å². The molecule has 6 nitrogen and oxygen atoms in total. The first-order chi connectivity index (χ1) is 8.04. The van der Waals surface area contributed by atoms with Crippen LogP contribution in [-0.4, -0.2) is 37.0 Å². The molecule has 0 bridgehead atoms. The summed E-state index contributed by atoms with van der Waals surface area (Å²) in [5.74, 6) is -0.886. The average Bonchev–Trinajstić information content (AvgIpc) is 3.09. The normalized spacial score (nSPS) is 15.9. The first-order valence-corrected chi connectivity index (χ1v) is 5.78. The van der Waals surface area contributed by atoms with Crippen molar-refractivity contribution in [3.05, 3.63) is 0 Å². The summed E-state index contributed by atoms with van der Waals surface area (Å²) < 4.78 is 4.74. The molecule has 96 valence electrons. The van der Waals surface area contributed by atoms with E-state index in [9.17, 15) is 14.4 Å². The van der Waals surface area contributed by atoms with Gasteiger partial charge >= 0.3 is 5.97 Å². The van der Waals surface area contributed by atoms with Gasteiger partial charge in [0.05, 0.1) is 13.2 Å². The van der Waals surface area contributed by atoms with Crippen molar-refractivity contribution in [1.82, 2.24) is 10.6 Å². The van der Waals surface area contributed by atoms with Crippen LogP contribution in [-0.2, 0) is 19.1 Å². The lowest BCUT2D eigenvalue weighted by Gasteiger charge is -2.12. The second kappa shape index (κ2) is 6.22. The number of hydrogen-bond acceptors (Lipinski definition) is 4. The predicted octanol–water partition coefficient (Wildman–Crippen LogP) is -0.420. The molecule has 0 saturated heterocycles. The molecule has 0 radical (unpaired) electrons. The van der Waals surface area contributed by atoms with Gasteiger partial charge in [-0.05, 0) is 26.7 Å². The quantitative estimate of drug-likeness (QED) is 0.620. The molecule has 1 aliphatic carbocycles. The maximum Gasteiger partial charge on any atom is 0.328 e. The zero-order chi connectivity index (χ0) is 12.8. The lowest BCUT2D eigenvalue weighted by atomic mass is 10.3. The summed E-state index contributed by atoms with van der Waals surface area (Å²) in [7, 11) is 0. The lowest BCUT2D eigenvalue weighted by Crippen LogP contribution is -2.44. The van der Waals surface area contributed by atoms with Gasteiger partial charge in [0, 0.05) is 5.92 Å². The molecule has 17 heavy (non-hydrogen) atoms. The molecule has 0 spiro atoms. The Labute approximate surface area is 100 Å². The van der Waals surface area contributed by atoms with Crippen molar-refractivity contribution in [1.29, 1.82) is 0 Å². The van der Waals surface area contributed by atoms with Crippen molar-refractivity contribution in [2.24, 2.45) is 5.92 Å². The fraction of sp³-hybridized carbons (Fsp3) is 0.727. The first kappa shape index (κ1) is 13.5. The third-order valence-corrected chi connectivity index (χ3v) is 2.39. The highest BCUT2D eigenvalue weighted by atomic mass is 16.5. The van der Waals surface area contributed by atoms with Gasteiger partial charge in [0.25, 0.3) is 0 Å². The van der Waals surface area contributed by atoms with E-state index in [1.54, 1.807) is 13.8 Å². The van der Waals surface area contributed by atoms with Crippen LogP contribution < -0.4 is 10.6 Å². The SMILES string of the molecule is CCOC(=O)C(C)NC(=O)CNC(=O)C1CC1. The Morgan fingerprint density at radius 1 is 1.35 bits per heavy atom. The highest BCUT2D eigenvalue weighted by Gasteiger charge is 2.29. The highest BCUT2D eigenvalue weighted by Crippen LogP contribution is 2.28. The van der Waals surface area contributed by atoms with Crippen molar-refractivity contribution >= 4 is 17.8 Å². The Balaban J connectivity index is 2.19. The lowest BCUT2D eigenvalue weighted by molar-refractivity contribution is -0.146. The standard InChI is InChI=1S/C11H18N2O4/c1-3-17-11(16)7(2)13-9(14)6-12-10(15)8-4-5-8/h7-8H,3-6H2,1-2H3,(H,12,15)(H,13,14). The van der Waals surface area contributed by atoms with Crippen LogP contribution in [0.15, 0.2) is 0 Å². The zero-order valence-corrected chi connectivity index (χ0v) is 10.1. The molecule has 1 saturated carbocycles. The van der Waals surface area contributed by atoms with Gasteiger partial charge in [-0.1, -0.05) is 0 Å². The molecule has 0 heterocycles. The highest BCUT2D eigenvalue weighted by molar-refractivity contribution is 5.89. The Bertz CT molecular complexity index is 313. The molecule has 0 aromatic carbocycles. The second-order valence-electron chi connectivity index (χ2n) is 4.03. The van der Waals surface area contributed by atoms with Gasteiger partial charge in [-0.25, -0.2) is 4.79 Å². The van der Waals surface area contributed by atoms with E-state index in [2.05, 4.69) is 10.6 Å². The summed E-state index contributed by atoms with van der Waals surface area (Å²) in [6, 6.07) is -0.694. The number of ether oxygens (including phenoxy) is 1. The van der Waals surface area contributed by atoms with Crippen LogP contribution in [0, 0.1) is 5.92 Å². The minimum absolute atomic E-state index is 0.0743. The van der Waals surface area contributed by atoms with E-state index < -0.39 is 12.0 Å². The maximum atomic E-state index is 11.4. The summed E-state index contributed by atoms with van der Waals surface area (Å²) in [5.41, 5.74) is 0. The average molecular weight is 242 g/mol.